The van der Waals surface area contributed by atoms with Crippen molar-refractivity contribution in [3.8, 4) is 0 Å². The summed E-state index contributed by atoms with van der Waals surface area (Å²) in [5.41, 5.74) is 0.748. The average Bonchev–Trinajstić information content (AvgIpc) is 2.83. The molecular weight excluding hydrogens is 264 g/mol. The van der Waals surface area contributed by atoms with E-state index >= 15 is 0 Å². The van der Waals surface area contributed by atoms with Gasteiger partial charge in [-0.05, 0) is 36.5 Å². The average molecular weight is 283 g/mol. The van der Waals surface area contributed by atoms with Crippen LogP contribution in [0.25, 0.3) is 0 Å². The molecule has 0 heterocycles. The van der Waals surface area contributed by atoms with Gasteiger partial charge in [0.2, 0.25) is 0 Å². The Balaban J connectivity index is 2.18. The number of carboxylic acids is 1. The van der Waals surface area contributed by atoms with Crippen LogP contribution in [0, 0.1) is 17.8 Å². The third kappa shape index (κ3) is 3.10. The van der Waals surface area contributed by atoms with Crippen molar-refractivity contribution in [3.63, 3.8) is 0 Å². The molecule has 2 rings (SSSR count). The zero-order chi connectivity index (χ0) is 14.0. The molecule has 19 heavy (non-hydrogen) atoms. The number of aliphatic hydroxyl groups excluding tert-OH is 1. The molecule has 1 aromatic rings. The Morgan fingerprint density at radius 2 is 2.00 bits per heavy atom. The zero-order valence-electron chi connectivity index (χ0n) is 10.9. The SMILES string of the molecule is CCC1CC(C(=O)O)C(C(O)c2ccc(Cl)cc2)C1. The summed E-state index contributed by atoms with van der Waals surface area (Å²) in [6.45, 7) is 2.07. The highest BCUT2D eigenvalue weighted by atomic mass is 35.5. The summed E-state index contributed by atoms with van der Waals surface area (Å²) in [4.78, 5) is 11.3. The molecule has 1 aliphatic rings. The highest BCUT2D eigenvalue weighted by Crippen LogP contribution is 2.44. The first kappa shape index (κ1) is 14.4. The Morgan fingerprint density at radius 1 is 1.37 bits per heavy atom. The minimum absolute atomic E-state index is 0.205. The van der Waals surface area contributed by atoms with E-state index in [4.69, 9.17) is 11.6 Å². The molecule has 1 saturated carbocycles. The van der Waals surface area contributed by atoms with Crippen molar-refractivity contribution in [1.82, 2.24) is 0 Å². The highest BCUT2D eigenvalue weighted by Gasteiger charge is 2.42. The van der Waals surface area contributed by atoms with Gasteiger partial charge in [0.05, 0.1) is 12.0 Å². The van der Waals surface area contributed by atoms with Crippen LogP contribution in [0.3, 0.4) is 0 Å². The van der Waals surface area contributed by atoms with Gasteiger partial charge in [0.25, 0.3) is 0 Å². The topological polar surface area (TPSA) is 57.5 Å². The van der Waals surface area contributed by atoms with E-state index in [0.29, 0.717) is 17.4 Å². The number of carbonyl (C=O) groups is 1. The third-order valence-electron chi connectivity index (χ3n) is 4.22. The lowest BCUT2D eigenvalue weighted by Crippen LogP contribution is -2.23. The minimum atomic E-state index is -0.797. The molecule has 1 aliphatic carbocycles. The van der Waals surface area contributed by atoms with Gasteiger partial charge in [-0.1, -0.05) is 37.1 Å². The fourth-order valence-electron chi connectivity index (χ4n) is 3.05. The molecule has 2 N–H and O–H groups in total. The van der Waals surface area contributed by atoms with Gasteiger partial charge in [-0.15, -0.1) is 0 Å². The van der Waals surface area contributed by atoms with Crippen LogP contribution in [0.4, 0.5) is 0 Å². The van der Waals surface area contributed by atoms with E-state index in [1.54, 1.807) is 24.3 Å². The van der Waals surface area contributed by atoms with Crippen LogP contribution in [-0.4, -0.2) is 16.2 Å². The molecule has 0 saturated heterocycles. The molecule has 0 radical (unpaired) electrons. The van der Waals surface area contributed by atoms with Crippen molar-refractivity contribution >= 4 is 17.6 Å². The second-order valence-corrected chi connectivity index (χ2v) is 5.79. The summed E-state index contributed by atoms with van der Waals surface area (Å²) < 4.78 is 0. The number of carboxylic acid groups (broad SMARTS) is 1. The summed E-state index contributed by atoms with van der Waals surface area (Å²) in [5.74, 6) is -1.05. The van der Waals surface area contributed by atoms with Crippen LogP contribution >= 0.6 is 11.6 Å². The van der Waals surface area contributed by atoms with Gasteiger partial charge >= 0.3 is 5.97 Å². The van der Waals surface area contributed by atoms with Crippen LogP contribution in [0.5, 0.6) is 0 Å². The van der Waals surface area contributed by atoms with E-state index in [0.717, 1.165) is 18.4 Å². The fourth-order valence-corrected chi connectivity index (χ4v) is 3.18. The number of aliphatic carboxylic acids is 1. The van der Waals surface area contributed by atoms with Crippen molar-refractivity contribution in [2.45, 2.75) is 32.3 Å². The van der Waals surface area contributed by atoms with Crippen molar-refractivity contribution in [1.29, 1.82) is 0 Å². The van der Waals surface area contributed by atoms with E-state index in [9.17, 15) is 15.0 Å². The first-order valence-corrected chi connectivity index (χ1v) is 7.07. The number of benzene rings is 1. The zero-order valence-corrected chi connectivity index (χ0v) is 11.7. The molecule has 0 bridgehead atoms. The van der Waals surface area contributed by atoms with E-state index in [1.165, 1.54) is 0 Å². The predicted molar refractivity (Wildman–Crippen MR) is 74.0 cm³/mol. The van der Waals surface area contributed by atoms with Crippen LogP contribution in [0.15, 0.2) is 24.3 Å². The molecule has 0 amide bonds. The lowest BCUT2D eigenvalue weighted by atomic mass is 9.87. The molecule has 0 spiro atoms. The maximum atomic E-state index is 11.3. The Kier molecular flexibility index (Phi) is 4.48. The van der Waals surface area contributed by atoms with Crippen LogP contribution in [0.1, 0.15) is 37.9 Å². The Morgan fingerprint density at radius 3 is 2.53 bits per heavy atom. The maximum absolute atomic E-state index is 11.3. The summed E-state index contributed by atoms with van der Waals surface area (Å²) >= 11 is 5.83. The second-order valence-electron chi connectivity index (χ2n) is 5.35. The monoisotopic (exact) mass is 282 g/mol. The van der Waals surface area contributed by atoms with Crippen LogP contribution in [0.2, 0.25) is 5.02 Å². The second kappa shape index (κ2) is 5.93. The fraction of sp³-hybridized carbons (Fsp3) is 0.533. The number of hydrogen-bond donors (Lipinski definition) is 2. The predicted octanol–water partition coefficient (Wildman–Crippen LogP) is 3.51. The molecule has 1 fully saturated rings. The molecule has 4 atom stereocenters. The van der Waals surface area contributed by atoms with Gasteiger partial charge in [0, 0.05) is 10.9 Å². The molecular formula is C15H19ClO3. The van der Waals surface area contributed by atoms with Gasteiger partial charge in [-0.2, -0.15) is 0 Å². The first-order valence-electron chi connectivity index (χ1n) is 6.69. The normalized spacial score (nSPS) is 28.3. The number of aliphatic hydroxyl groups is 1. The van der Waals surface area contributed by atoms with Crippen molar-refractivity contribution in [3.05, 3.63) is 34.9 Å². The standard InChI is InChI=1S/C15H19ClO3/c1-2-9-7-12(13(8-9)15(18)19)14(17)10-3-5-11(16)6-4-10/h3-6,9,12-14,17H,2,7-8H2,1H3,(H,18,19). The lowest BCUT2D eigenvalue weighted by Gasteiger charge is -2.22. The molecule has 4 heteroatoms. The summed E-state index contributed by atoms with van der Waals surface area (Å²) in [6.07, 6.45) is 1.68. The van der Waals surface area contributed by atoms with Gasteiger partial charge in [0.15, 0.2) is 0 Å². The van der Waals surface area contributed by atoms with Crippen molar-refractivity contribution in [2.24, 2.45) is 17.8 Å². The van der Waals surface area contributed by atoms with E-state index in [2.05, 4.69) is 6.92 Å². The largest absolute Gasteiger partial charge is 0.481 e. The number of halogens is 1. The van der Waals surface area contributed by atoms with Gasteiger partial charge < -0.3 is 10.2 Å². The number of rotatable bonds is 4. The number of hydrogen-bond acceptors (Lipinski definition) is 2. The Bertz CT molecular complexity index is 443. The van der Waals surface area contributed by atoms with Gasteiger partial charge in [0.1, 0.15) is 0 Å². The molecule has 4 unspecified atom stereocenters. The first-order chi connectivity index (χ1) is 9.02. The molecule has 3 nitrogen and oxygen atoms in total. The molecule has 0 aliphatic heterocycles. The van der Waals surface area contributed by atoms with Gasteiger partial charge in [-0.25, -0.2) is 0 Å². The Labute approximate surface area is 118 Å². The highest BCUT2D eigenvalue weighted by molar-refractivity contribution is 6.30. The minimum Gasteiger partial charge on any atom is -0.481 e. The van der Waals surface area contributed by atoms with Crippen LogP contribution < -0.4 is 0 Å². The lowest BCUT2D eigenvalue weighted by molar-refractivity contribution is -0.144. The molecule has 104 valence electrons. The van der Waals surface area contributed by atoms with E-state index < -0.39 is 18.0 Å². The molecule has 0 aromatic heterocycles. The quantitative estimate of drug-likeness (QED) is 0.888. The molecule has 1 aromatic carbocycles. The Hall–Kier alpha value is -1.06. The summed E-state index contributed by atoms with van der Waals surface area (Å²) in [6, 6.07) is 6.99. The van der Waals surface area contributed by atoms with E-state index in [1.807, 2.05) is 0 Å². The summed E-state index contributed by atoms with van der Waals surface area (Å²) in [7, 11) is 0. The smallest absolute Gasteiger partial charge is 0.306 e. The van der Waals surface area contributed by atoms with Gasteiger partial charge in [-0.3, -0.25) is 4.79 Å². The maximum Gasteiger partial charge on any atom is 0.306 e. The van der Waals surface area contributed by atoms with Crippen LogP contribution in [-0.2, 0) is 4.79 Å². The van der Waals surface area contributed by atoms with E-state index in [-0.39, 0.29) is 5.92 Å². The third-order valence-corrected chi connectivity index (χ3v) is 4.47. The summed E-state index contributed by atoms with van der Waals surface area (Å²) in [5, 5.41) is 20.4. The van der Waals surface area contributed by atoms with Crippen molar-refractivity contribution < 1.29 is 15.0 Å². The van der Waals surface area contributed by atoms with Crippen molar-refractivity contribution in [2.75, 3.05) is 0 Å².